The molecular formula is C19H15NO5. The highest BCUT2D eigenvalue weighted by Gasteiger charge is 2.19. The number of primary amides is 1. The number of benzene rings is 2. The van der Waals surface area contributed by atoms with Crippen molar-refractivity contribution in [1.82, 2.24) is 0 Å². The zero-order valence-corrected chi connectivity index (χ0v) is 13.4. The van der Waals surface area contributed by atoms with E-state index in [4.69, 9.17) is 14.9 Å². The van der Waals surface area contributed by atoms with E-state index in [9.17, 15) is 14.4 Å². The molecule has 2 N–H and O–H groups in total. The van der Waals surface area contributed by atoms with Crippen molar-refractivity contribution in [3.63, 3.8) is 0 Å². The molecule has 0 atom stereocenters. The lowest BCUT2D eigenvalue weighted by Gasteiger charge is -2.08. The Morgan fingerprint density at radius 2 is 1.84 bits per heavy atom. The van der Waals surface area contributed by atoms with E-state index in [1.165, 1.54) is 18.2 Å². The minimum atomic E-state index is -0.911. The Balaban J connectivity index is 2.01. The van der Waals surface area contributed by atoms with Crippen molar-refractivity contribution in [3.05, 3.63) is 75.6 Å². The van der Waals surface area contributed by atoms with Crippen molar-refractivity contribution in [2.45, 2.75) is 13.3 Å². The average Bonchev–Trinajstić information content (AvgIpc) is 2.61. The van der Waals surface area contributed by atoms with E-state index in [1.54, 1.807) is 18.2 Å². The summed E-state index contributed by atoms with van der Waals surface area (Å²) < 4.78 is 10.4. The van der Waals surface area contributed by atoms with Crippen LogP contribution in [0.15, 0.2) is 57.7 Å². The number of ether oxygens (including phenoxy) is 1. The first-order chi connectivity index (χ1) is 12.0. The van der Waals surface area contributed by atoms with E-state index in [1.807, 2.05) is 19.1 Å². The molecule has 0 fully saturated rings. The molecule has 0 radical (unpaired) electrons. The number of carbonyl (C=O) groups is 2. The average molecular weight is 337 g/mol. The monoisotopic (exact) mass is 337 g/mol. The Kier molecular flexibility index (Phi) is 4.35. The summed E-state index contributed by atoms with van der Waals surface area (Å²) in [6, 6.07) is 12.8. The summed E-state index contributed by atoms with van der Waals surface area (Å²) >= 11 is 0. The van der Waals surface area contributed by atoms with Gasteiger partial charge >= 0.3 is 11.6 Å². The van der Waals surface area contributed by atoms with Gasteiger partial charge in [0.05, 0.1) is 5.56 Å². The van der Waals surface area contributed by atoms with Gasteiger partial charge in [0.15, 0.2) is 0 Å². The van der Waals surface area contributed by atoms with Gasteiger partial charge in [-0.2, -0.15) is 0 Å². The maximum Gasteiger partial charge on any atom is 0.351 e. The van der Waals surface area contributed by atoms with Gasteiger partial charge in [0.25, 0.3) is 5.91 Å². The van der Waals surface area contributed by atoms with Crippen LogP contribution in [0.3, 0.4) is 0 Å². The topological polar surface area (TPSA) is 99.6 Å². The first-order valence-electron chi connectivity index (χ1n) is 7.67. The molecule has 25 heavy (non-hydrogen) atoms. The second-order valence-corrected chi connectivity index (χ2v) is 5.42. The maximum atomic E-state index is 12.4. The molecule has 0 aliphatic carbocycles. The summed E-state index contributed by atoms with van der Waals surface area (Å²) in [5.41, 5.74) is 5.67. The molecule has 0 unspecified atom stereocenters. The minimum absolute atomic E-state index is 0.0122. The van der Waals surface area contributed by atoms with Crippen LogP contribution in [-0.4, -0.2) is 11.9 Å². The van der Waals surface area contributed by atoms with Gasteiger partial charge in [-0.1, -0.05) is 25.1 Å². The van der Waals surface area contributed by atoms with E-state index in [0.717, 1.165) is 12.0 Å². The van der Waals surface area contributed by atoms with Gasteiger partial charge in [-0.3, -0.25) is 4.79 Å². The fourth-order valence-corrected chi connectivity index (χ4v) is 2.45. The third-order valence-corrected chi connectivity index (χ3v) is 3.78. The number of fused-ring (bicyclic) bond motifs is 1. The first kappa shape index (κ1) is 16.4. The molecule has 6 nitrogen and oxygen atoms in total. The summed E-state index contributed by atoms with van der Waals surface area (Å²) in [5, 5.41) is 0.620. The Bertz CT molecular complexity index is 1040. The molecule has 1 amide bonds. The predicted molar refractivity (Wildman–Crippen MR) is 91.8 cm³/mol. The predicted octanol–water partition coefficient (Wildman–Crippen LogP) is 2.67. The van der Waals surface area contributed by atoms with Crippen molar-refractivity contribution in [2.75, 3.05) is 0 Å². The van der Waals surface area contributed by atoms with Crippen LogP contribution in [0.25, 0.3) is 11.0 Å². The van der Waals surface area contributed by atoms with E-state index in [2.05, 4.69) is 0 Å². The summed E-state index contributed by atoms with van der Waals surface area (Å²) in [7, 11) is 0. The summed E-state index contributed by atoms with van der Waals surface area (Å²) in [6.45, 7) is 2.00. The van der Waals surface area contributed by atoms with Gasteiger partial charge in [-0.15, -0.1) is 0 Å². The standard InChI is InChI=1S/C19H15NO5/c1-2-11-7-8-15-12(9-11)10-14(18(22)24-15)19(23)25-16-6-4-3-5-13(16)17(20)21/h3-10H,2H2,1H3,(H2,20,21). The Morgan fingerprint density at radius 3 is 2.56 bits per heavy atom. The number of hydrogen-bond donors (Lipinski definition) is 1. The number of esters is 1. The van der Waals surface area contributed by atoms with Crippen LogP contribution in [0, 0.1) is 0 Å². The van der Waals surface area contributed by atoms with Crippen LogP contribution in [0.2, 0.25) is 0 Å². The highest BCUT2D eigenvalue weighted by atomic mass is 16.5. The molecule has 1 heterocycles. The fourth-order valence-electron chi connectivity index (χ4n) is 2.45. The highest BCUT2D eigenvalue weighted by Crippen LogP contribution is 2.20. The van der Waals surface area contributed by atoms with Gasteiger partial charge in [-0.25, -0.2) is 9.59 Å². The SMILES string of the molecule is CCc1ccc2oc(=O)c(C(=O)Oc3ccccc3C(N)=O)cc2c1. The molecule has 6 heteroatoms. The molecule has 3 rings (SSSR count). The third kappa shape index (κ3) is 3.28. The van der Waals surface area contributed by atoms with Crippen molar-refractivity contribution in [1.29, 1.82) is 0 Å². The second kappa shape index (κ2) is 6.60. The number of para-hydroxylation sites is 1. The van der Waals surface area contributed by atoms with Crippen LogP contribution in [0.1, 0.15) is 33.2 Å². The van der Waals surface area contributed by atoms with E-state index >= 15 is 0 Å². The Morgan fingerprint density at radius 1 is 1.08 bits per heavy atom. The summed E-state index contributed by atoms with van der Waals surface area (Å²) in [4.78, 5) is 35.9. The lowest BCUT2D eigenvalue weighted by molar-refractivity contribution is 0.0728. The molecule has 0 bridgehead atoms. The number of carbonyl (C=O) groups excluding carboxylic acids is 2. The summed E-state index contributed by atoms with van der Waals surface area (Å²) in [5.74, 6) is -1.66. The van der Waals surface area contributed by atoms with Gasteiger partial charge in [0, 0.05) is 5.39 Å². The van der Waals surface area contributed by atoms with Gasteiger partial charge in [0.1, 0.15) is 16.9 Å². The third-order valence-electron chi connectivity index (χ3n) is 3.78. The molecular weight excluding hydrogens is 322 g/mol. The van der Waals surface area contributed by atoms with Gasteiger partial charge < -0.3 is 14.9 Å². The van der Waals surface area contributed by atoms with Crippen molar-refractivity contribution in [2.24, 2.45) is 5.73 Å². The fraction of sp³-hybridized carbons (Fsp3) is 0.105. The quantitative estimate of drug-likeness (QED) is 0.448. The Labute approximate surface area is 142 Å². The van der Waals surface area contributed by atoms with Crippen LogP contribution in [0.4, 0.5) is 0 Å². The smallest absolute Gasteiger partial charge is 0.351 e. The largest absolute Gasteiger partial charge is 0.422 e. The number of hydrogen-bond acceptors (Lipinski definition) is 5. The zero-order valence-electron chi connectivity index (χ0n) is 13.4. The zero-order chi connectivity index (χ0) is 18.0. The first-order valence-corrected chi connectivity index (χ1v) is 7.67. The number of nitrogens with two attached hydrogens (primary N) is 1. The normalized spacial score (nSPS) is 10.6. The van der Waals surface area contributed by atoms with Crippen molar-refractivity contribution >= 4 is 22.8 Å². The molecule has 3 aromatic rings. The van der Waals surface area contributed by atoms with Crippen LogP contribution in [0.5, 0.6) is 5.75 Å². The number of aryl methyl sites for hydroxylation is 1. The van der Waals surface area contributed by atoms with Crippen molar-refractivity contribution in [3.8, 4) is 5.75 Å². The van der Waals surface area contributed by atoms with E-state index < -0.39 is 17.5 Å². The molecule has 126 valence electrons. The molecule has 0 saturated heterocycles. The van der Waals surface area contributed by atoms with Crippen molar-refractivity contribution < 1.29 is 18.7 Å². The lowest BCUT2D eigenvalue weighted by atomic mass is 10.1. The van der Waals surface area contributed by atoms with Gasteiger partial charge in [0.2, 0.25) is 0 Å². The lowest BCUT2D eigenvalue weighted by Crippen LogP contribution is -2.20. The second-order valence-electron chi connectivity index (χ2n) is 5.42. The van der Waals surface area contributed by atoms with Crippen LogP contribution < -0.4 is 16.1 Å². The van der Waals surface area contributed by atoms with E-state index in [0.29, 0.717) is 11.0 Å². The molecule has 0 aliphatic rings. The van der Waals surface area contributed by atoms with E-state index in [-0.39, 0.29) is 16.9 Å². The van der Waals surface area contributed by atoms with Crippen LogP contribution in [-0.2, 0) is 6.42 Å². The molecule has 1 aromatic heterocycles. The molecule has 0 spiro atoms. The number of rotatable bonds is 4. The molecule has 0 saturated carbocycles. The minimum Gasteiger partial charge on any atom is -0.422 e. The molecule has 2 aromatic carbocycles. The number of amides is 1. The highest BCUT2D eigenvalue weighted by molar-refractivity contribution is 5.98. The van der Waals surface area contributed by atoms with Gasteiger partial charge in [-0.05, 0) is 42.3 Å². The maximum absolute atomic E-state index is 12.4. The Hall–Kier alpha value is -3.41. The van der Waals surface area contributed by atoms with Crippen LogP contribution >= 0.6 is 0 Å². The molecule has 0 aliphatic heterocycles. The summed E-state index contributed by atoms with van der Waals surface area (Å²) in [6.07, 6.45) is 0.806.